The predicted molar refractivity (Wildman–Crippen MR) is 67.3 cm³/mol. The lowest BCUT2D eigenvalue weighted by Crippen LogP contribution is -2.14. The lowest BCUT2D eigenvalue weighted by molar-refractivity contribution is 0.0527. The lowest BCUT2D eigenvalue weighted by atomic mass is 10.1. The van der Waals surface area contributed by atoms with Crippen LogP contribution in [-0.2, 0) is 4.74 Å². The van der Waals surface area contributed by atoms with E-state index >= 15 is 0 Å². The number of rotatable bonds is 6. The third-order valence-corrected chi connectivity index (χ3v) is 2.30. The minimum atomic E-state index is -1.03. The number of aryl methyl sites for hydroxylation is 2. The van der Waals surface area contributed by atoms with Crippen LogP contribution in [0.4, 0.5) is 0 Å². The second-order valence-corrected chi connectivity index (χ2v) is 4.33. The van der Waals surface area contributed by atoms with Crippen molar-refractivity contribution < 1.29 is 19.4 Å². The van der Waals surface area contributed by atoms with Crippen molar-refractivity contribution in [1.82, 2.24) is 4.98 Å². The highest BCUT2D eigenvalue weighted by Crippen LogP contribution is 2.20. The summed E-state index contributed by atoms with van der Waals surface area (Å²) in [5.41, 5.74) is 1.50. The Morgan fingerprint density at radius 2 is 2.06 bits per heavy atom. The Morgan fingerprint density at radius 3 is 2.61 bits per heavy atom. The van der Waals surface area contributed by atoms with Gasteiger partial charge >= 0.3 is 5.97 Å². The molecule has 1 rings (SSSR count). The van der Waals surface area contributed by atoms with Crippen LogP contribution in [0.1, 0.15) is 35.5 Å². The van der Waals surface area contributed by atoms with E-state index < -0.39 is 5.97 Å². The van der Waals surface area contributed by atoms with Gasteiger partial charge in [0, 0.05) is 5.69 Å². The molecule has 1 heterocycles. The van der Waals surface area contributed by atoms with Crippen molar-refractivity contribution in [2.24, 2.45) is 0 Å². The summed E-state index contributed by atoms with van der Waals surface area (Å²) in [6.45, 7) is 8.08. The molecule has 0 atom stereocenters. The molecule has 0 saturated heterocycles. The van der Waals surface area contributed by atoms with E-state index in [1.54, 1.807) is 19.9 Å². The number of carbonyl (C=O) groups is 1. The van der Waals surface area contributed by atoms with Gasteiger partial charge in [0.15, 0.2) is 0 Å². The summed E-state index contributed by atoms with van der Waals surface area (Å²) in [6, 6.07) is 1.72. The van der Waals surface area contributed by atoms with E-state index in [1.807, 2.05) is 13.8 Å². The first-order valence-electron chi connectivity index (χ1n) is 5.87. The second-order valence-electron chi connectivity index (χ2n) is 4.33. The summed E-state index contributed by atoms with van der Waals surface area (Å²) in [4.78, 5) is 15.3. The molecular formula is C13H19NO4. The van der Waals surface area contributed by atoms with Crippen LogP contribution >= 0.6 is 0 Å². The molecule has 5 nitrogen and oxygen atoms in total. The Balaban J connectivity index is 2.77. The summed E-state index contributed by atoms with van der Waals surface area (Å²) in [6.07, 6.45) is 0.125. The number of hydrogen-bond acceptors (Lipinski definition) is 4. The standard InChI is InChI=1S/C13H19NO4/c1-8(2)17-5-6-18-12-11(13(15)16)9(3)7-10(4)14-12/h7-8H,5-6H2,1-4H3,(H,15,16). The van der Waals surface area contributed by atoms with E-state index in [2.05, 4.69) is 4.98 Å². The summed E-state index contributed by atoms with van der Waals surface area (Å²) in [5, 5.41) is 9.13. The number of aromatic nitrogens is 1. The molecule has 0 amide bonds. The fourth-order valence-corrected chi connectivity index (χ4v) is 1.59. The Bertz CT molecular complexity index is 429. The highest BCUT2D eigenvalue weighted by atomic mass is 16.5. The molecule has 0 aliphatic rings. The maximum atomic E-state index is 11.1. The van der Waals surface area contributed by atoms with Crippen molar-refractivity contribution in [3.63, 3.8) is 0 Å². The fourth-order valence-electron chi connectivity index (χ4n) is 1.59. The smallest absolute Gasteiger partial charge is 0.341 e. The van der Waals surface area contributed by atoms with Crippen LogP contribution in [0, 0.1) is 13.8 Å². The second kappa shape index (κ2) is 6.35. The van der Waals surface area contributed by atoms with Gasteiger partial charge in [0.05, 0.1) is 12.7 Å². The number of nitrogens with zero attached hydrogens (tertiary/aromatic N) is 1. The normalized spacial score (nSPS) is 10.7. The number of hydrogen-bond donors (Lipinski definition) is 1. The average Bonchev–Trinajstić information content (AvgIpc) is 2.22. The first-order chi connectivity index (χ1) is 8.41. The molecular weight excluding hydrogens is 234 g/mol. The van der Waals surface area contributed by atoms with Gasteiger partial charge in [0.2, 0.25) is 5.88 Å². The average molecular weight is 253 g/mol. The van der Waals surface area contributed by atoms with Crippen molar-refractivity contribution >= 4 is 5.97 Å². The van der Waals surface area contributed by atoms with E-state index in [-0.39, 0.29) is 24.2 Å². The van der Waals surface area contributed by atoms with Gasteiger partial charge in [0.25, 0.3) is 0 Å². The summed E-state index contributed by atoms with van der Waals surface area (Å²) in [7, 11) is 0. The van der Waals surface area contributed by atoms with Crippen LogP contribution < -0.4 is 4.74 Å². The van der Waals surface area contributed by atoms with E-state index in [0.29, 0.717) is 12.2 Å². The molecule has 0 bridgehead atoms. The molecule has 0 unspecified atom stereocenters. The molecule has 18 heavy (non-hydrogen) atoms. The molecule has 0 saturated carbocycles. The van der Waals surface area contributed by atoms with E-state index in [9.17, 15) is 4.79 Å². The van der Waals surface area contributed by atoms with E-state index in [0.717, 1.165) is 5.69 Å². The minimum absolute atomic E-state index is 0.116. The number of aromatic carboxylic acids is 1. The van der Waals surface area contributed by atoms with Crippen LogP contribution in [0.5, 0.6) is 5.88 Å². The number of pyridine rings is 1. The molecule has 0 aromatic carbocycles. The van der Waals surface area contributed by atoms with Gasteiger partial charge in [-0.15, -0.1) is 0 Å². The molecule has 1 aromatic rings. The van der Waals surface area contributed by atoms with Crippen LogP contribution in [0.3, 0.4) is 0 Å². The third kappa shape index (κ3) is 4.00. The number of carboxylic acids is 1. The van der Waals surface area contributed by atoms with Crippen LogP contribution in [0.2, 0.25) is 0 Å². The van der Waals surface area contributed by atoms with Gasteiger partial charge in [-0.2, -0.15) is 0 Å². The van der Waals surface area contributed by atoms with E-state index in [4.69, 9.17) is 14.6 Å². The van der Waals surface area contributed by atoms with Crippen molar-refractivity contribution in [3.8, 4) is 5.88 Å². The van der Waals surface area contributed by atoms with Gasteiger partial charge in [-0.25, -0.2) is 9.78 Å². The van der Waals surface area contributed by atoms with Crippen LogP contribution in [0.25, 0.3) is 0 Å². The zero-order valence-electron chi connectivity index (χ0n) is 11.2. The SMILES string of the molecule is Cc1cc(C)c(C(=O)O)c(OCCOC(C)C)n1. The number of carboxylic acid groups (broad SMARTS) is 1. The molecule has 0 fully saturated rings. The van der Waals surface area contributed by atoms with Gasteiger partial charge in [0.1, 0.15) is 12.2 Å². The van der Waals surface area contributed by atoms with Gasteiger partial charge in [-0.3, -0.25) is 0 Å². The summed E-state index contributed by atoms with van der Waals surface area (Å²) < 4.78 is 10.7. The number of ether oxygens (including phenoxy) is 2. The Labute approximate surface area is 107 Å². The van der Waals surface area contributed by atoms with Crippen LogP contribution in [0.15, 0.2) is 6.07 Å². The highest BCUT2D eigenvalue weighted by Gasteiger charge is 2.16. The molecule has 0 aliphatic carbocycles. The first kappa shape index (κ1) is 14.4. The van der Waals surface area contributed by atoms with Gasteiger partial charge in [-0.1, -0.05) is 0 Å². The Hall–Kier alpha value is -1.62. The van der Waals surface area contributed by atoms with Crippen molar-refractivity contribution in [2.45, 2.75) is 33.8 Å². The molecule has 1 N–H and O–H groups in total. The van der Waals surface area contributed by atoms with Crippen LogP contribution in [-0.4, -0.2) is 35.4 Å². The quantitative estimate of drug-likeness (QED) is 0.787. The summed E-state index contributed by atoms with van der Waals surface area (Å²) in [5.74, 6) is -0.868. The zero-order chi connectivity index (χ0) is 13.7. The Kier molecular flexibility index (Phi) is 5.09. The Morgan fingerprint density at radius 1 is 1.39 bits per heavy atom. The van der Waals surface area contributed by atoms with Gasteiger partial charge < -0.3 is 14.6 Å². The maximum Gasteiger partial charge on any atom is 0.341 e. The summed E-state index contributed by atoms with van der Waals surface area (Å²) >= 11 is 0. The first-order valence-corrected chi connectivity index (χ1v) is 5.87. The molecule has 0 aliphatic heterocycles. The fraction of sp³-hybridized carbons (Fsp3) is 0.538. The van der Waals surface area contributed by atoms with Gasteiger partial charge in [-0.05, 0) is 39.3 Å². The minimum Gasteiger partial charge on any atom is -0.477 e. The molecule has 0 spiro atoms. The van der Waals surface area contributed by atoms with Crippen molar-refractivity contribution in [1.29, 1.82) is 0 Å². The third-order valence-electron chi connectivity index (χ3n) is 2.30. The zero-order valence-corrected chi connectivity index (χ0v) is 11.2. The predicted octanol–water partition coefficient (Wildman–Crippen LogP) is 2.20. The largest absolute Gasteiger partial charge is 0.477 e. The molecule has 0 radical (unpaired) electrons. The lowest BCUT2D eigenvalue weighted by Gasteiger charge is -2.12. The molecule has 100 valence electrons. The van der Waals surface area contributed by atoms with Crippen molar-refractivity contribution in [3.05, 3.63) is 22.9 Å². The van der Waals surface area contributed by atoms with E-state index in [1.165, 1.54) is 0 Å². The topological polar surface area (TPSA) is 68.7 Å². The maximum absolute atomic E-state index is 11.1. The molecule has 1 aromatic heterocycles. The monoisotopic (exact) mass is 253 g/mol. The molecule has 5 heteroatoms. The highest BCUT2D eigenvalue weighted by molar-refractivity contribution is 5.91. The van der Waals surface area contributed by atoms with Crippen molar-refractivity contribution in [2.75, 3.05) is 13.2 Å².